The number of rotatable bonds is 6. The zero-order valence-corrected chi connectivity index (χ0v) is 20.6. The first kappa shape index (κ1) is 31.6. The Hall–Kier alpha value is -3.39. The van der Waals surface area contributed by atoms with Gasteiger partial charge in [0.05, 0.1) is 6.16 Å². The number of benzene rings is 3. The number of hydrogen-bond acceptors (Lipinski definition) is 3. The molecule has 0 aromatic heterocycles. The van der Waals surface area contributed by atoms with Crippen LogP contribution in [0.25, 0.3) is 0 Å². The van der Waals surface area contributed by atoms with Gasteiger partial charge in [-0.25, -0.2) is 4.79 Å². The SMILES string of the molecule is CCCC[P+](c1ccccc1)(c1ccccc1)c1ccccc1.O=C(O)C(F)(F)F.O=C([O-])C(F)(F)F. The van der Waals surface area contributed by atoms with Gasteiger partial charge in [0.2, 0.25) is 0 Å². The molecule has 3 rings (SSSR count). The molecule has 0 amide bonds. The van der Waals surface area contributed by atoms with E-state index in [2.05, 4.69) is 97.9 Å². The van der Waals surface area contributed by atoms with Crippen molar-refractivity contribution < 1.29 is 46.1 Å². The maximum absolute atomic E-state index is 10.6. The van der Waals surface area contributed by atoms with E-state index in [4.69, 9.17) is 19.8 Å². The van der Waals surface area contributed by atoms with E-state index in [-0.39, 0.29) is 0 Å². The minimum Gasteiger partial charge on any atom is -0.542 e. The van der Waals surface area contributed by atoms with Crippen LogP contribution in [0.2, 0.25) is 0 Å². The lowest BCUT2D eigenvalue weighted by atomic mass is 10.3. The van der Waals surface area contributed by atoms with Gasteiger partial charge in [0, 0.05) is 0 Å². The third kappa shape index (κ3) is 9.88. The van der Waals surface area contributed by atoms with Gasteiger partial charge in [-0.2, -0.15) is 26.3 Å². The third-order valence-corrected chi connectivity index (χ3v) is 9.44. The first-order valence-electron chi connectivity index (χ1n) is 10.9. The molecule has 0 aliphatic rings. The third-order valence-electron chi connectivity index (χ3n) is 4.91. The van der Waals surface area contributed by atoms with Crippen LogP contribution in [0.1, 0.15) is 19.8 Å². The summed E-state index contributed by atoms with van der Waals surface area (Å²) in [6, 6.07) is 33.4. The van der Waals surface area contributed by atoms with E-state index in [1.54, 1.807) is 0 Å². The van der Waals surface area contributed by atoms with Crippen LogP contribution >= 0.6 is 7.26 Å². The number of carboxylic acid groups (broad SMARTS) is 2. The molecule has 37 heavy (non-hydrogen) atoms. The summed E-state index contributed by atoms with van der Waals surface area (Å²) in [5.74, 6) is -5.76. The fourth-order valence-corrected chi connectivity index (χ4v) is 7.78. The lowest BCUT2D eigenvalue weighted by Gasteiger charge is -2.27. The number of carbonyl (C=O) groups is 2. The van der Waals surface area contributed by atoms with E-state index < -0.39 is 31.6 Å². The quantitative estimate of drug-likeness (QED) is 0.359. The highest BCUT2D eigenvalue weighted by atomic mass is 31.2. The van der Waals surface area contributed by atoms with Crippen molar-refractivity contribution in [2.24, 2.45) is 0 Å². The predicted molar refractivity (Wildman–Crippen MR) is 130 cm³/mol. The Balaban J connectivity index is 0.000000404. The molecule has 3 aromatic carbocycles. The van der Waals surface area contributed by atoms with Gasteiger partial charge >= 0.3 is 18.3 Å². The molecule has 0 bridgehead atoms. The Morgan fingerprint density at radius 3 is 1.16 bits per heavy atom. The Labute approximate surface area is 210 Å². The van der Waals surface area contributed by atoms with Crippen molar-refractivity contribution in [3.63, 3.8) is 0 Å². The molecule has 0 saturated heterocycles. The lowest BCUT2D eigenvalue weighted by Crippen LogP contribution is -2.37. The monoisotopic (exact) mass is 546 g/mol. The molecule has 0 unspecified atom stereocenters. The maximum Gasteiger partial charge on any atom is 0.490 e. The van der Waals surface area contributed by atoms with Gasteiger partial charge < -0.3 is 15.0 Å². The number of unbranched alkanes of at least 4 members (excludes halogenated alkanes) is 1. The Bertz CT molecular complexity index is 968. The number of aliphatic carboxylic acids is 2. The Kier molecular flexibility index (Phi) is 12.3. The second-order valence-electron chi connectivity index (χ2n) is 7.48. The maximum atomic E-state index is 10.6. The number of carboxylic acids is 2. The van der Waals surface area contributed by atoms with Crippen LogP contribution in [0.3, 0.4) is 0 Å². The van der Waals surface area contributed by atoms with E-state index in [1.807, 2.05) is 0 Å². The highest BCUT2D eigenvalue weighted by Gasteiger charge is 2.44. The number of hydrogen-bond donors (Lipinski definition) is 1. The zero-order valence-electron chi connectivity index (χ0n) is 19.7. The lowest BCUT2D eigenvalue weighted by molar-refractivity contribution is -0.344. The van der Waals surface area contributed by atoms with Gasteiger partial charge in [-0.15, -0.1) is 0 Å². The van der Waals surface area contributed by atoms with Crippen molar-refractivity contribution in [1.29, 1.82) is 0 Å². The topological polar surface area (TPSA) is 77.4 Å². The second kappa shape index (κ2) is 14.4. The van der Waals surface area contributed by atoms with Crippen molar-refractivity contribution in [1.82, 2.24) is 0 Å². The molecule has 0 aliphatic heterocycles. The average molecular weight is 546 g/mol. The van der Waals surface area contributed by atoms with Crippen LogP contribution in [0.5, 0.6) is 0 Å². The summed E-state index contributed by atoms with van der Waals surface area (Å²) in [6.45, 7) is 2.29. The second-order valence-corrected chi connectivity index (χ2v) is 11.1. The smallest absolute Gasteiger partial charge is 0.490 e. The molecule has 0 atom stereocenters. The summed E-state index contributed by atoms with van der Waals surface area (Å²) in [6.07, 6.45) is -6.55. The molecule has 0 aliphatic carbocycles. The Morgan fingerprint density at radius 1 is 0.703 bits per heavy atom. The van der Waals surface area contributed by atoms with Crippen molar-refractivity contribution in [3.05, 3.63) is 91.0 Å². The summed E-state index contributed by atoms with van der Waals surface area (Å²) in [4.78, 5) is 17.7. The van der Waals surface area contributed by atoms with Gasteiger partial charge in [-0.05, 0) is 42.8 Å². The Morgan fingerprint density at radius 2 is 0.973 bits per heavy atom. The summed E-state index contributed by atoms with van der Waals surface area (Å²) in [5.41, 5.74) is 0. The number of carbonyl (C=O) groups excluding carboxylic acids is 1. The summed E-state index contributed by atoms with van der Waals surface area (Å²) in [7, 11) is -1.57. The van der Waals surface area contributed by atoms with E-state index in [0.29, 0.717) is 0 Å². The fraction of sp³-hybridized carbons (Fsp3) is 0.231. The zero-order chi connectivity index (χ0) is 28.1. The molecular formula is C26H25F6O4P. The van der Waals surface area contributed by atoms with E-state index in [1.165, 1.54) is 34.9 Å². The van der Waals surface area contributed by atoms with E-state index in [9.17, 15) is 26.3 Å². The first-order chi connectivity index (χ1) is 17.3. The molecule has 11 heteroatoms. The van der Waals surface area contributed by atoms with Gasteiger partial charge in [-0.1, -0.05) is 67.9 Å². The molecular weight excluding hydrogens is 521 g/mol. The van der Waals surface area contributed by atoms with Crippen LogP contribution in [0.4, 0.5) is 26.3 Å². The van der Waals surface area contributed by atoms with Crippen LogP contribution in [-0.2, 0) is 9.59 Å². The summed E-state index contributed by atoms with van der Waals surface area (Å²) < 4.78 is 63.3. The van der Waals surface area contributed by atoms with Crippen LogP contribution in [0.15, 0.2) is 91.0 Å². The molecule has 1 N–H and O–H groups in total. The molecule has 0 saturated carbocycles. The minimum absolute atomic E-state index is 1.23. The van der Waals surface area contributed by atoms with Crippen molar-refractivity contribution in [2.75, 3.05) is 6.16 Å². The molecule has 4 nitrogen and oxygen atoms in total. The van der Waals surface area contributed by atoms with Gasteiger partial charge in [0.1, 0.15) is 29.1 Å². The van der Waals surface area contributed by atoms with Gasteiger partial charge in [0.15, 0.2) is 0 Å². The predicted octanol–water partition coefficient (Wildman–Crippen LogP) is 4.71. The van der Waals surface area contributed by atoms with Crippen LogP contribution in [-0.4, -0.2) is 35.6 Å². The number of halogens is 6. The normalized spacial score (nSPS) is 11.3. The highest BCUT2D eigenvalue weighted by Crippen LogP contribution is 2.55. The summed E-state index contributed by atoms with van der Waals surface area (Å²) >= 11 is 0. The van der Waals surface area contributed by atoms with E-state index >= 15 is 0 Å². The molecule has 0 radical (unpaired) electrons. The molecule has 0 heterocycles. The first-order valence-corrected chi connectivity index (χ1v) is 12.9. The largest absolute Gasteiger partial charge is 0.542 e. The minimum atomic E-state index is -5.19. The average Bonchev–Trinajstić information content (AvgIpc) is 2.86. The highest BCUT2D eigenvalue weighted by molar-refractivity contribution is 7.95. The van der Waals surface area contributed by atoms with Gasteiger partial charge in [0.25, 0.3) is 0 Å². The van der Waals surface area contributed by atoms with Crippen molar-refractivity contribution >= 4 is 35.1 Å². The van der Waals surface area contributed by atoms with E-state index in [0.717, 1.165) is 0 Å². The summed E-state index contributed by atoms with van der Waals surface area (Å²) in [5, 5.41) is 20.4. The van der Waals surface area contributed by atoms with Gasteiger partial charge in [-0.3, -0.25) is 0 Å². The van der Waals surface area contributed by atoms with Crippen molar-refractivity contribution in [3.8, 4) is 0 Å². The fourth-order valence-electron chi connectivity index (χ4n) is 3.28. The van der Waals surface area contributed by atoms with Crippen LogP contribution < -0.4 is 21.0 Å². The molecule has 3 aromatic rings. The molecule has 0 fully saturated rings. The molecule has 200 valence electrons. The standard InChI is InChI=1S/C22H24P.2C2HF3O2/c1-2-3-19-23(20-13-7-4-8-14-20,21-15-9-5-10-16-21)22-17-11-6-12-18-22;2*3-2(4,5)1(6)7/h4-18H,2-3,19H2,1H3;2*(H,6,7)/q+1;;/p-1. The van der Waals surface area contributed by atoms with Crippen LogP contribution in [0, 0.1) is 0 Å². The number of alkyl halides is 6. The molecule has 0 spiro atoms. The van der Waals surface area contributed by atoms with Crippen molar-refractivity contribution in [2.45, 2.75) is 32.1 Å².